The molecule has 0 saturated carbocycles. The van der Waals surface area contributed by atoms with Crippen LogP contribution in [0.5, 0.6) is 5.75 Å². The van der Waals surface area contributed by atoms with E-state index >= 15 is 0 Å². The van der Waals surface area contributed by atoms with Crippen molar-refractivity contribution < 1.29 is 9.53 Å². The number of amides is 1. The van der Waals surface area contributed by atoms with Crippen LogP contribution in [0, 0.1) is 6.92 Å². The molecule has 3 N–H and O–H groups in total. The number of para-hydroxylation sites is 1. The molecule has 8 heteroatoms. The Morgan fingerprint density at radius 1 is 1.12 bits per heavy atom. The molecule has 0 aliphatic rings. The van der Waals surface area contributed by atoms with Crippen LogP contribution < -0.4 is 20.9 Å². The first-order chi connectivity index (χ1) is 11.4. The molecule has 0 fully saturated rings. The average molecular weight is 384 g/mol. The number of hydrazine groups is 1. The highest BCUT2D eigenvalue weighted by Crippen LogP contribution is 2.23. The van der Waals surface area contributed by atoms with Gasteiger partial charge in [-0.1, -0.05) is 41.4 Å². The van der Waals surface area contributed by atoms with Gasteiger partial charge < -0.3 is 10.1 Å². The molecule has 0 aliphatic carbocycles. The van der Waals surface area contributed by atoms with Crippen molar-refractivity contribution in [2.75, 3.05) is 11.9 Å². The number of rotatable bonds is 4. The summed E-state index contributed by atoms with van der Waals surface area (Å²) in [6, 6.07) is 12.4. The zero-order valence-corrected chi connectivity index (χ0v) is 15.1. The van der Waals surface area contributed by atoms with Gasteiger partial charge in [0.2, 0.25) is 0 Å². The van der Waals surface area contributed by atoms with Gasteiger partial charge in [0.25, 0.3) is 5.91 Å². The number of carbonyl (C=O) groups is 1. The number of aryl methyl sites for hydroxylation is 1. The van der Waals surface area contributed by atoms with Gasteiger partial charge in [0.1, 0.15) is 5.75 Å². The van der Waals surface area contributed by atoms with Gasteiger partial charge in [-0.05, 0) is 49.0 Å². The van der Waals surface area contributed by atoms with Gasteiger partial charge in [-0.25, -0.2) is 0 Å². The number of hydrogen-bond acceptors (Lipinski definition) is 3. The minimum atomic E-state index is -0.403. The SMILES string of the molecule is Cc1ccccc1NC(=S)NNC(=O)COc1cc(Cl)cc(Cl)c1. The topological polar surface area (TPSA) is 62.4 Å². The maximum absolute atomic E-state index is 11.8. The molecule has 5 nitrogen and oxygen atoms in total. The third-order valence-electron chi connectivity index (χ3n) is 2.91. The van der Waals surface area contributed by atoms with E-state index in [0.29, 0.717) is 15.8 Å². The van der Waals surface area contributed by atoms with E-state index in [1.165, 1.54) is 0 Å². The third kappa shape index (κ3) is 5.88. The fourth-order valence-electron chi connectivity index (χ4n) is 1.79. The monoisotopic (exact) mass is 383 g/mol. The molecule has 0 bridgehead atoms. The van der Waals surface area contributed by atoms with Crippen LogP contribution in [-0.4, -0.2) is 17.6 Å². The standard InChI is InChI=1S/C16H15Cl2N3O2S/c1-10-4-2-3-5-14(10)19-16(24)21-20-15(22)9-23-13-7-11(17)6-12(18)8-13/h2-8H,9H2,1H3,(H,20,22)(H2,19,21,24). The molecular formula is C16H15Cl2N3O2S. The second-order valence-corrected chi connectivity index (χ2v) is 6.12. The Bertz CT molecular complexity index is 736. The first-order valence-corrected chi connectivity index (χ1v) is 8.11. The first-order valence-electron chi connectivity index (χ1n) is 6.94. The van der Waals surface area contributed by atoms with Gasteiger partial charge in [0, 0.05) is 15.7 Å². The Balaban J connectivity index is 1.76. The smallest absolute Gasteiger partial charge is 0.276 e. The summed E-state index contributed by atoms with van der Waals surface area (Å²) < 4.78 is 5.31. The normalized spacial score (nSPS) is 9.96. The van der Waals surface area contributed by atoms with E-state index in [4.69, 9.17) is 40.2 Å². The highest BCUT2D eigenvalue weighted by molar-refractivity contribution is 7.80. The van der Waals surface area contributed by atoms with Crippen LogP contribution in [0.15, 0.2) is 42.5 Å². The lowest BCUT2D eigenvalue weighted by molar-refractivity contribution is -0.123. The molecule has 2 aromatic rings. The predicted octanol–water partition coefficient (Wildman–Crippen LogP) is 3.70. The highest BCUT2D eigenvalue weighted by atomic mass is 35.5. The van der Waals surface area contributed by atoms with Gasteiger partial charge >= 0.3 is 0 Å². The summed E-state index contributed by atoms with van der Waals surface area (Å²) in [6.07, 6.45) is 0. The zero-order chi connectivity index (χ0) is 17.5. The van der Waals surface area contributed by atoms with Crippen LogP contribution in [0.25, 0.3) is 0 Å². The predicted molar refractivity (Wildman–Crippen MR) is 101 cm³/mol. The molecule has 0 atom stereocenters. The lowest BCUT2D eigenvalue weighted by Crippen LogP contribution is -2.45. The van der Waals surface area contributed by atoms with Gasteiger partial charge in [-0.2, -0.15) is 0 Å². The Kier molecular flexibility index (Phi) is 6.66. The van der Waals surface area contributed by atoms with Crippen molar-refractivity contribution in [3.63, 3.8) is 0 Å². The second-order valence-electron chi connectivity index (χ2n) is 4.84. The largest absolute Gasteiger partial charge is 0.484 e. The summed E-state index contributed by atoms with van der Waals surface area (Å²) in [5, 5.41) is 4.11. The number of anilines is 1. The van der Waals surface area contributed by atoms with Crippen molar-refractivity contribution in [1.82, 2.24) is 10.9 Å². The van der Waals surface area contributed by atoms with Crippen LogP contribution >= 0.6 is 35.4 Å². The Morgan fingerprint density at radius 3 is 2.46 bits per heavy atom. The molecule has 1 amide bonds. The Morgan fingerprint density at radius 2 is 1.79 bits per heavy atom. The number of ether oxygens (including phenoxy) is 1. The van der Waals surface area contributed by atoms with E-state index in [1.807, 2.05) is 31.2 Å². The van der Waals surface area contributed by atoms with E-state index < -0.39 is 5.91 Å². The van der Waals surface area contributed by atoms with Gasteiger partial charge in [0.15, 0.2) is 11.7 Å². The van der Waals surface area contributed by atoms with E-state index in [9.17, 15) is 4.79 Å². The number of halogens is 2. The first kappa shape index (κ1) is 18.3. The van der Waals surface area contributed by atoms with E-state index in [1.54, 1.807) is 18.2 Å². The van der Waals surface area contributed by atoms with E-state index in [-0.39, 0.29) is 11.7 Å². The molecule has 126 valence electrons. The van der Waals surface area contributed by atoms with Crippen LogP contribution in [0.3, 0.4) is 0 Å². The third-order valence-corrected chi connectivity index (χ3v) is 3.56. The molecule has 0 saturated heterocycles. The van der Waals surface area contributed by atoms with Crippen LogP contribution in [0.1, 0.15) is 5.56 Å². The van der Waals surface area contributed by atoms with Gasteiger partial charge in [-0.15, -0.1) is 0 Å². The molecular weight excluding hydrogens is 369 g/mol. The van der Waals surface area contributed by atoms with Crippen LogP contribution in [0.2, 0.25) is 10.0 Å². The van der Waals surface area contributed by atoms with Crippen molar-refractivity contribution in [3.05, 3.63) is 58.1 Å². The highest BCUT2D eigenvalue weighted by Gasteiger charge is 2.06. The van der Waals surface area contributed by atoms with Crippen molar-refractivity contribution in [2.45, 2.75) is 6.92 Å². The number of nitrogens with one attached hydrogen (secondary N) is 3. The van der Waals surface area contributed by atoms with Crippen LogP contribution in [-0.2, 0) is 4.79 Å². The Labute approximate surface area is 155 Å². The molecule has 0 aliphatic heterocycles. The minimum absolute atomic E-state index is 0.212. The summed E-state index contributed by atoms with van der Waals surface area (Å²) in [5.74, 6) is 0.00305. The summed E-state index contributed by atoms with van der Waals surface area (Å²) in [6.45, 7) is 1.74. The zero-order valence-electron chi connectivity index (χ0n) is 12.7. The van der Waals surface area contributed by atoms with Gasteiger partial charge in [-0.3, -0.25) is 15.6 Å². The summed E-state index contributed by atoms with van der Waals surface area (Å²) in [5.41, 5.74) is 6.94. The van der Waals surface area contributed by atoms with Crippen molar-refractivity contribution in [2.24, 2.45) is 0 Å². The molecule has 2 rings (SSSR count). The van der Waals surface area contributed by atoms with E-state index in [2.05, 4.69) is 16.2 Å². The molecule has 0 unspecified atom stereocenters. The number of benzene rings is 2. The minimum Gasteiger partial charge on any atom is -0.484 e. The molecule has 0 heterocycles. The lowest BCUT2D eigenvalue weighted by atomic mass is 10.2. The maximum Gasteiger partial charge on any atom is 0.276 e. The fourth-order valence-corrected chi connectivity index (χ4v) is 2.46. The number of hydrogen-bond donors (Lipinski definition) is 3. The molecule has 0 spiro atoms. The van der Waals surface area contributed by atoms with Crippen molar-refractivity contribution >= 4 is 52.1 Å². The maximum atomic E-state index is 11.8. The second kappa shape index (κ2) is 8.73. The average Bonchev–Trinajstić information content (AvgIpc) is 2.52. The summed E-state index contributed by atoms with van der Waals surface area (Å²) in [7, 11) is 0. The molecule has 0 radical (unpaired) electrons. The quantitative estimate of drug-likeness (QED) is 0.554. The molecule has 24 heavy (non-hydrogen) atoms. The van der Waals surface area contributed by atoms with Crippen molar-refractivity contribution in [1.29, 1.82) is 0 Å². The number of carbonyl (C=O) groups excluding carboxylic acids is 1. The fraction of sp³-hybridized carbons (Fsp3) is 0.125. The lowest BCUT2D eigenvalue weighted by Gasteiger charge is -2.13. The van der Waals surface area contributed by atoms with E-state index in [0.717, 1.165) is 11.3 Å². The van der Waals surface area contributed by atoms with Crippen LogP contribution in [0.4, 0.5) is 5.69 Å². The van der Waals surface area contributed by atoms with Gasteiger partial charge in [0.05, 0.1) is 0 Å². The summed E-state index contributed by atoms with van der Waals surface area (Å²) >= 11 is 16.8. The number of thiocarbonyl (C=S) groups is 1. The molecule has 0 aromatic heterocycles. The van der Waals surface area contributed by atoms with Crippen molar-refractivity contribution in [3.8, 4) is 5.75 Å². The Hall–Kier alpha value is -2.02. The summed E-state index contributed by atoms with van der Waals surface area (Å²) in [4.78, 5) is 11.8. The molecule has 2 aromatic carbocycles.